The number of benzene rings is 1. The molecule has 3 rings (SSSR count). The molecule has 1 amide bonds. The van der Waals surface area contributed by atoms with Crippen LogP contribution in [0.4, 0.5) is 0 Å². The fourth-order valence-electron chi connectivity index (χ4n) is 3.43. The van der Waals surface area contributed by atoms with Gasteiger partial charge in [-0.15, -0.1) is 0 Å². The van der Waals surface area contributed by atoms with Crippen LogP contribution in [0, 0.1) is 12.8 Å². The summed E-state index contributed by atoms with van der Waals surface area (Å²) >= 11 is 0. The number of ether oxygens (including phenoxy) is 1. The molecule has 1 aromatic carbocycles. The number of para-hydroxylation sites is 1. The number of aryl methyl sites for hydroxylation is 1. The van der Waals surface area contributed by atoms with Crippen molar-refractivity contribution in [2.24, 2.45) is 5.92 Å². The maximum atomic E-state index is 12.8. The SMILES string of the molecule is Cc1ccc2cccc(OCC(=O)N(CC(C)C)C3CCS(=O)(=O)C3)c2n1. The van der Waals surface area contributed by atoms with Crippen molar-refractivity contribution >= 4 is 26.6 Å². The van der Waals surface area contributed by atoms with Crippen LogP contribution in [-0.2, 0) is 14.6 Å². The van der Waals surface area contributed by atoms with Gasteiger partial charge in [-0.05, 0) is 31.4 Å². The molecule has 1 aromatic heterocycles. The molecule has 2 aromatic rings. The van der Waals surface area contributed by atoms with Crippen LogP contribution < -0.4 is 4.74 Å². The summed E-state index contributed by atoms with van der Waals surface area (Å²) in [5, 5.41) is 0.950. The normalized spacial score (nSPS) is 18.7. The molecular weight excluding hydrogens is 364 g/mol. The van der Waals surface area contributed by atoms with Gasteiger partial charge in [-0.1, -0.05) is 32.0 Å². The molecule has 1 aliphatic rings. The minimum Gasteiger partial charge on any atom is -0.481 e. The van der Waals surface area contributed by atoms with Crippen LogP contribution in [0.3, 0.4) is 0 Å². The molecule has 1 saturated heterocycles. The van der Waals surface area contributed by atoms with Crippen molar-refractivity contribution in [2.45, 2.75) is 33.2 Å². The third kappa shape index (κ3) is 4.77. The number of hydrogen-bond donors (Lipinski definition) is 0. The van der Waals surface area contributed by atoms with E-state index in [4.69, 9.17) is 4.74 Å². The smallest absolute Gasteiger partial charge is 0.260 e. The lowest BCUT2D eigenvalue weighted by Gasteiger charge is -2.30. The fourth-order valence-corrected chi connectivity index (χ4v) is 5.16. The van der Waals surface area contributed by atoms with E-state index in [-0.39, 0.29) is 36.0 Å². The highest BCUT2D eigenvalue weighted by molar-refractivity contribution is 7.91. The van der Waals surface area contributed by atoms with E-state index in [9.17, 15) is 13.2 Å². The zero-order valence-corrected chi connectivity index (χ0v) is 16.8. The lowest BCUT2D eigenvalue weighted by atomic mass is 10.1. The van der Waals surface area contributed by atoms with Crippen LogP contribution in [0.15, 0.2) is 30.3 Å². The van der Waals surface area contributed by atoms with E-state index in [1.165, 1.54) is 0 Å². The Morgan fingerprint density at radius 2 is 2.07 bits per heavy atom. The van der Waals surface area contributed by atoms with Crippen molar-refractivity contribution in [1.82, 2.24) is 9.88 Å². The Morgan fingerprint density at radius 1 is 1.30 bits per heavy atom. The molecule has 1 fully saturated rings. The van der Waals surface area contributed by atoms with Gasteiger partial charge < -0.3 is 9.64 Å². The van der Waals surface area contributed by atoms with Crippen LogP contribution in [0.2, 0.25) is 0 Å². The number of aromatic nitrogens is 1. The van der Waals surface area contributed by atoms with Crippen molar-refractivity contribution in [3.05, 3.63) is 36.0 Å². The molecule has 0 N–H and O–H groups in total. The number of sulfone groups is 1. The van der Waals surface area contributed by atoms with Gasteiger partial charge in [-0.2, -0.15) is 0 Å². The zero-order valence-electron chi connectivity index (χ0n) is 16.0. The largest absolute Gasteiger partial charge is 0.481 e. The van der Waals surface area contributed by atoms with Crippen molar-refractivity contribution in [2.75, 3.05) is 24.7 Å². The third-order valence-corrected chi connectivity index (χ3v) is 6.46. The van der Waals surface area contributed by atoms with Crippen LogP contribution in [-0.4, -0.2) is 54.9 Å². The summed E-state index contributed by atoms with van der Waals surface area (Å²) < 4.78 is 29.5. The zero-order chi connectivity index (χ0) is 19.6. The number of pyridine rings is 1. The lowest BCUT2D eigenvalue weighted by molar-refractivity contribution is -0.135. The Hall–Kier alpha value is -2.15. The first kappa shape index (κ1) is 19.6. The van der Waals surface area contributed by atoms with E-state index in [1.54, 1.807) is 11.0 Å². The highest BCUT2D eigenvalue weighted by Crippen LogP contribution is 2.25. The Bertz CT molecular complexity index is 940. The van der Waals surface area contributed by atoms with Crippen LogP contribution in [0.5, 0.6) is 5.75 Å². The molecule has 1 unspecified atom stereocenters. The minimum atomic E-state index is -3.06. The van der Waals surface area contributed by atoms with Gasteiger partial charge in [0.2, 0.25) is 0 Å². The summed E-state index contributed by atoms with van der Waals surface area (Å²) in [6, 6.07) is 9.26. The number of amides is 1. The van der Waals surface area contributed by atoms with Gasteiger partial charge in [-0.25, -0.2) is 13.4 Å². The number of fused-ring (bicyclic) bond motifs is 1. The highest BCUT2D eigenvalue weighted by atomic mass is 32.2. The standard InChI is InChI=1S/C20H26N2O4S/c1-14(2)11-22(17-9-10-27(24,25)13-17)19(23)12-26-18-6-4-5-16-8-7-15(3)21-20(16)18/h4-8,14,17H,9-13H2,1-3H3. The van der Waals surface area contributed by atoms with E-state index in [2.05, 4.69) is 4.98 Å². The molecular formula is C20H26N2O4S. The maximum Gasteiger partial charge on any atom is 0.260 e. The lowest BCUT2D eigenvalue weighted by Crippen LogP contribution is -2.45. The fraction of sp³-hybridized carbons (Fsp3) is 0.500. The molecule has 0 spiro atoms. The summed E-state index contributed by atoms with van der Waals surface area (Å²) in [5.41, 5.74) is 1.60. The average Bonchev–Trinajstić information content (AvgIpc) is 2.97. The molecule has 1 aliphatic heterocycles. The highest BCUT2D eigenvalue weighted by Gasteiger charge is 2.35. The first-order chi connectivity index (χ1) is 12.7. The predicted octanol–water partition coefficient (Wildman–Crippen LogP) is 2.59. The third-order valence-electron chi connectivity index (χ3n) is 4.70. The first-order valence-corrected chi connectivity index (χ1v) is 11.1. The van der Waals surface area contributed by atoms with Gasteiger partial charge in [0.15, 0.2) is 16.4 Å². The van der Waals surface area contributed by atoms with Gasteiger partial charge in [0, 0.05) is 23.7 Å². The second kappa shape index (κ2) is 7.84. The summed E-state index contributed by atoms with van der Waals surface area (Å²) in [4.78, 5) is 19.0. The molecule has 0 radical (unpaired) electrons. The number of carbonyl (C=O) groups excluding carboxylic acids is 1. The van der Waals surface area contributed by atoms with E-state index in [1.807, 2.05) is 45.0 Å². The summed E-state index contributed by atoms with van der Waals surface area (Å²) in [7, 11) is -3.06. The van der Waals surface area contributed by atoms with Gasteiger partial charge >= 0.3 is 0 Å². The second-order valence-electron chi connectivity index (χ2n) is 7.57. The second-order valence-corrected chi connectivity index (χ2v) is 9.79. The van der Waals surface area contributed by atoms with Crippen molar-refractivity contribution in [3.8, 4) is 5.75 Å². The van der Waals surface area contributed by atoms with Crippen molar-refractivity contribution in [1.29, 1.82) is 0 Å². The molecule has 2 heterocycles. The average molecular weight is 391 g/mol. The van der Waals surface area contributed by atoms with E-state index in [0.29, 0.717) is 18.7 Å². The summed E-state index contributed by atoms with van der Waals surface area (Å²) in [6.45, 7) is 6.34. The summed E-state index contributed by atoms with van der Waals surface area (Å²) in [6.07, 6.45) is 0.496. The van der Waals surface area contributed by atoms with Gasteiger partial charge in [0.05, 0.1) is 11.5 Å². The molecule has 7 heteroatoms. The molecule has 0 aliphatic carbocycles. The van der Waals surface area contributed by atoms with Crippen molar-refractivity contribution < 1.29 is 17.9 Å². The van der Waals surface area contributed by atoms with E-state index >= 15 is 0 Å². The van der Waals surface area contributed by atoms with Crippen LogP contribution in [0.25, 0.3) is 10.9 Å². The predicted molar refractivity (Wildman–Crippen MR) is 106 cm³/mol. The first-order valence-electron chi connectivity index (χ1n) is 9.24. The van der Waals surface area contributed by atoms with Gasteiger partial charge in [0.25, 0.3) is 5.91 Å². The van der Waals surface area contributed by atoms with E-state index < -0.39 is 9.84 Å². The molecule has 146 valence electrons. The number of hydrogen-bond acceptors (Lipinski definition) is 5. The van der Waals surface area contributed by atoms with Crippen LogP contribution >= 0.6 is 0 Å². The maximum absolute atomic E-state index is 12.8. The van der Waals surface area contributed by atoms with Gasteiger partial charge in [-0.3, -0.25) is 4.79 Å². The molecule has 6 nitrogen and oxygen atoms in total. The van der Waals surface area contributed by atoms with Crippen LogP contribution in [0.1, 0.15) is 26.0 Å². The molecule has 1 atom stereocenters. The van der Waals surface area contributed by atoms with Crippen molar-refractivity contribution in [3.63, 3.8) is 0 Å². The summed E-state index contributed by atoms with van der Waals surface area (Å²) in [5.74, 6) is 0.815. The minimum absolute atomic E-state index is 0.0421. The molecule has 0 saturated carbocycles. The molecule has 27 heavy (non-hydrogen) atoms. The quantitative estimate of drug-likeness (QED) is 0.758. The Morgan fingerprint density at radius 3 is 2.74 bits per heavy atom. The Labute approximate surface area is 160 Å². The number of rotatable bonds is 6. The van der Waals surface area contributed by atoms with E-state index in [0.717, 1.165) is 16.6 Å². The molecule has 0 bridgehead atoms. The Balaban J connectivity index is 1.75. The number of carbonyl (C=O) groups is 1. The number of nitrogens with zero attached hydrogens (tertiary/aromatic N) is 2. The Kier molecular flexibility index (Phi) is 5.69. The topological polar surface area (TPSA) is 76.6 Å². The monoisotopic (exact) mass is 390 g/mol. The van der Waals surface area contributed by atoms with Gasteiger partial charge in [0.1, 0.15) is 11.3 Å².